The van der Waals surface area contributed by atoms with E-state index in [1.165, 1.54) is 10.8 Å². The number of piperidine rings is 1. The molecule has 6 heteroatoms. The second-order valence-corrected chi connectivity index (χ2v) is 6.93. The van der Waals surface area contributed by atoms with Crippen LogP contribution in [0.1, 0.15) is 30.3 Å². The molecule has 4 heterocycles. The number of nitrogens with zero attached hydrogens (tertiary/aromatic N) is 6. The Kier molecular flexibility index (Phi) is 3.55. The maximum Gasteiger partial charge on any atom is 0.160 e. The molecule has 0 amide bonds. The van der Waals surface area contributed by atoms with E-state index >= 15 is 0 Å². The second kappa shape index (κ2) is 6.05. The number of rotatable bonds is 2. The van der Waals surface area contributed by atoms with Gasteiger partial charge < -0.3 is 4.90 Å². The fraction of sp³-hybridized carbons (Fsp3) is 0.300. The van der Waals surface area contributed by atoms with Crippen molar-refractivity contribution in [2.45, 2.75) is 25.7 Å². The Hall–Kier alpha value is -3.02. The molecule has 0 N–H and O–H groups in total. The van der Waals surface area contributed by atoms with E-state index < -0.39 is 0 Å². The van der Waals surface area contributed by atoms with Crippen molar-refractivity contribution in [3.8, 4) is 0 Å². The van der Waals surface area contributed by atoms with Gasteiger partial charge in [0.2, 0.25) is 0 Å². The quantitative estimate of drug-likeness (QED) is 0.558. The number of aryl methyl sites for hydroxylation is 1. The third kappa shape index (κ3) is 2.41. The molecule has 1 aliphatic heterocycles. The maximum absolute atomic E-state index is 4.54. The van der Waals surface area contributed by atoms with E-state index in [0.29, 0.717) is 5.92 Å². The van der Waals surface area contributed by atoms with E-state index in [-0.39, 0.29) is 0 Å². The fourth-order valence-electron chi connectivity index (χ4n) is 3.98. The van der Waals surface area contributed by atoms with Crippen molar-refractivity contribution in [1.29, 1.82) is 0 Å². The summed E-state index contributed by atoms with van der Waals surface area (Å²) in [5.74, 6) is 2.35. The Morgan fingerprint density at radius 1 is 0.923 bits per heavy atom. The summed E-state index contributed by atoms with van der Waals surface area (Å²) in [7, 11) is 0. The minimum absolute atomic E-state index is 0.336. The van der Waals surface area contributed by atoms with Crippen LogP contribution in [0.4, 0.5) is 5.82 Å². The lowest BCUT2D eigenvalue weighted by Gasteiger charge is -2.33. The zero-order valence-corrected chi connectivity index (χ0v) is 14.7. The Labute approximate surface area is 151 Å². The van der Waals surface area contributed by atoms with Gasteiger partial charge in [-0.25, -0.2) is 0 Å². The van der Waals surface area contributed by atoms with E-state index in [1.807, 2.05) is 31.3 Å². The van der Waals surface area contributed by atoms with Crippen LogP contribution in [0, 0.1) is 6.92 Å². The van der Waals surface area contributed by atoms with Gasteiger partial charge in [0.05, 0.1) is 5.69 Å². The highest BCUT2D eigenvalue weighted by molar-refractivity contribution is 5.93. The summed E-state index contributed by atoms with van der Waals surface area (Å²) in [6, 6.07) is 14.4. The Morgan fingerprint density at radius 2 is 1.77 bits per heavy atom. The average Bonchev–Trinajstić information content (AvgIpc) is 3.13. The molecule has 4 aromatic rings. The van der Waals surface area contributed by atoms with Crippen molar-refractivity contribution < 1.29 is 0 Å². The smallest absolute Gasteiger partial charge is 0.160 e. The molecule has 1 aliphatic rings. The van der Waals surface area contributed by atoms with Crippen molar-refractivity contribution in [3.05, 3.63) is 60.2 Å². The summed E-state index contributed by atoms with van der Waals surface area (Å²) in [6.45, 7) is 3.90. The third-order valence-corrected chi connectivity index (χ3v) is 5.28. The SMILES string of the molecule is Cc1nnc(N2CCCC(c3nnc4ccccn34)C2)c2ccccc12. The number of benzene rings is 1. The van der Waals surface area contributed by atoms with Crippen molar-refractivity contribution in [1.82, 2.24) is 24.8 Å². The molecule has 0 radical (unpaired) electrons. The first-order chi connectivity index (χ1) is 12.8. The largest absolute Gasteiger partial charge is 0.354 e. The lowest BCUT2D eigenvalue weighted by Crippen LogP contribution is -2.36. The number of hydrogen-bond acceptors (Lipinski definition) is 5. The van der Waals surface area contributed by atoms with Gasteiger partial charge in [-0.1, -0.05) is 30.3 Å². The molecule has 3 aromatic heterocycles. The summed E-state index contributed by atoms with van der Waals surface area (Å²) >= 11 is 0. The zero-order valence-electron chi connectivity index (χ0n) is 14.7. The molecule has 0 aliphatic carbocycles. The van der Waals surface area contributed by atoms with Crippen molar-refractivity contribution in [2.24, 2.45) is 0 Å². The maximum atomic E-state index is 4.54. The van der Waals surface area contributed by atoms with Crippen LogP contribution in [0.2, 0.25) is 0 Å². The highest BCUT2D eigenvalue weighted by atomic mass is 15.3. The number of hydrogen-bond donors (Lipinski definition) is 0. The highest BCUT2D eigenvalue weighted by Gasteiger charge is 2.27. The van der Waals surface area contributed by atoms with Crippen LogP contribution in [0.15, 0.2) is 48.7 Å². The van der Waals surface area contributed by atoms with Gasteiger partial charge in [0.25, 0.3) is 0 Å². The molecule has 0 spiro atoms. The van der Waals surface area contributed by atoms with Gasteiger partial charge >= 0.3 is 0 Å². The second-order valence-electron chi connectivity index (χ2n) is 6.93. The normalized spacial score (nSPS) is 17.9. The standard InChI is InChI=1S/C20H20N6/c1-14-16-8-2-3-9-17(16)20(24-21-14)25-11-6-7-15(13-25)19-23-22-18-10-4-5-12-26(18)19/h2-5,8-10,12,15H,6-7,11,13H2,1H3. The molecule has 0 bridgehead atoms. The van der Waals surface area contributed by atoms with Crippen LogP contribution >= 0.6 is 0 Å². The van der Waals surface area contributed by atoms with E-state index in [1.54, 1.807) is 0 Å². The molecule has 1 saturated heterocycles. The Morgan fingerprint density at radius 3 is 2.69 bits per heavy atom. The van der Waals surface area contributed by atoms with Gasteiger partial charge in [-0.05, 0) is 31.9 Å². The molecule has 1 fully saturated rings. The lowest BCUT2D eigenvalue weighted by atomic mass is 9.96. The number of anilines is 1. The summed E-state index contributed by atoms with van der Waals surface area (Å²) < 4.78 is 2.10. The molecular formula is C20H20N6. The first kappa shape index (κ1) is 15.3. The van der Waals surface area contributed by atoms with Gasteiger partial charge in [-0.3, -0.25) is 4.40 Å². The molecule has 1 atom stereocenters. The monoisotopic (exact) mass is 344 g/mol. The van der Waals surface area contributed by atoms with Gasteiger partial charge in [-0.15, -0.1) is 15.3 Å². The number of aromatic nitrogens is 5. The zero-order chi connectivity index (χ0) is 17.5. The molecular weight excluding hydrogens is 324 g/mol. The minimum Gasteiger partial charge on any atom is -0.354 e. The molecule has 6 nitrogen and oxygen atoms in total. The first-order valence-electron chi connectivity index (χ1n) is 9.08. The summed E-state index contributed by atoms with van der Waals surface area (Å²) in [5, 5.41) is 20.1. The van der Waals surface area contributed by atoms with Crippen LogP contribution < -0.4 is 4.90 Å². The number of fused-ring (bicyclic) bond motifs is 2. The lowest BCUT2D eigenvalue weighted by molar-refractivity contribution is 0.485. The Bertz CT molecular complexity index is 1090. The van der Waals surface area contributed by atoms with Crippen LogP contribution in [-0.2, 0) is 0 Å². The topological polar surface area (TPSA) is 59.2 Å². The molecule has 0 saturated carbocycles. The van der Waals surface area contributed by atoms with E-state index in [4.69, 9.17) is 0 Å². The summed E-state index contributed by atoms with van der Waals surface area (Å²) in [6.07, 6.45) is 4.27. The number of pyridine rings is 1. The van der Waals surface area contributed by atoms with Crippen LogP contribution in [0.5, 0.6) is 0 Å². The Balaban J connectivity index is 1.53. The third-order valence-electron chi connectivity index (χ3n) is 5.28. The van der Waals surface area contributed by atoms with Crippen LogP contribution in [0.3, 0.4) is 0 Å². The summed E-state index contributed by atoms with van der Waals surface area (Å²) in [4.78, 5) is 2.35. The predicted molar refractivity (Wildman–Crippen MR) is 101 cm³/mol. The van der Waals surface area contributed by atoms with E-state index in [9.17, 15) is 0 Å². The van der Waals surface area contributed by atoms with Gasteiger partial charge in [0.1, 0.15) is 5.82 Å². The summed E-state index contributed by atoms with van der Waals surface area (Å²) in [5.41, 5.74) is 1.88. The van der Waals surface area contributed by atoms with Crippen molar-refractivity contribution in [2.75, 3.05) is 18.0 Å². The molecule has 5 rings (SSSR count). The van der Waals surface area contributed by atoms with E-state index in [2.05, 4.69) is 54.0 Å². The van der Waals surface area contributed by atoms with Crippen LogP contribution in [-0.4, -0.2) is 37.9 Å². The van der Waals surface area contributed by atoms with Crippen molar-refractivity contribution >= 4 is 22.2 Å². The first-order valence-corrected chi connectivity index (χ1v) is 9.08. The van der Waals surface area contributed by atoms with Gasteiger partial charge in [0.15, 0.2) is 11.5 Å². The van der Waals surface area contributed by atoms with E-state index in [0.717, 1.165) is 48.9 Å². The van der Waals surface area contributed by atoms with Crippen molar-refractivity contribution in [3.63, 3.8) is 0 Å². The fourth-order valence-corrected chi connectivity index (χ4v) is 3.98. The molecule has 1 unspecified atom stereocenters. The molecule has 130 valence electrons. The average molecular weight is 344 g/mol. The molecule has 26 heavy (non-hydrogen) atoms. The molecule has 1 aromatic carbocycles. The van der Waals surface area contributed by atoms with Crippen LogP contribution in [0.25, 0.3) is 16.4 Å². The van der Waals surface area contributed by atoms with Gasteiger partial charge in [0, 0.05) is 36.0 Å². The predicted octanol–water partition coefficient (Wildman–Crippen LogP) is 3.36. The van der Waals surface area contributed by atoms with Gasteiger partial charge in [-0.2, -0.15) is 5.10 Å². The highest BCUT2D eigenvalue weighted by Crippen LogP contribution is 2.32. The minimum atomic E-state index is 0.336.